The Hall–Kier alpha value is -0.150. The fraction of sp³-hybridized carbons (Fsp3) is 0.600. The third kappa shape index (κ3) is 3.04. The van der Waals surface area contributed by atoms with Crippen molar-refractivity contribution >= 4 is 40.5 Å². The smallest absolute Gasteiger partial charge is 0.0702 e. The molecular weight excluding hydrogens is 317 g/mol. The summed E-state index contributed by atoms with van der Waals surface area (Å²) in [7, 11) is 0. The lowest BCUT2D eigenvalue weighted by Crippen LogP contribution is -2.42. The van der Waals surface area contributed by atoms with Gasteiger partial charge in [0.25, 0.3) is 0 Å². The largest absolute Gasteiger partial charge is 0.381 e. The maximum atomic E-state index is 6.24. The average Bonchev–Trinajstić information content (AvgIpc) is 2.84. The molecule has 0 amide bonds. The predicted molar refractivity (Wildman–Crippen MR) is 85.3 cm³/mol. The lowest BCUT2D eigenvalue weighted by Gasteiger charge is -2.39. The molecule has 1 heterocycles. The molecular formula is C15H18Cl3NO. The highest BCUT2D eigenvalue weighted by molar-refractivity contribution is 6.44. The van der Waals surface area contributed by atoms with Crippen molar-refractivity contribution in [3.8, 4) is 0 Å². The van der Waals surface area contributed by atoms with Crippen LogP contribution in [0.2, 0.25) is 15.1 Å². The van der Waals surface area contributed by atoms with Crippen LogP contribution in [0.1, 0.15) is 38.5 Å². The minimum absolute atomic E-state index is 0.0958. The van der Waals surface area contributed by atoms with Crippen LogP contribution in [0.15, 0.2) is 12.1 Å². The average molecular weight is 335 g/mol. The molecule has 2 aliphatic rings. The molecule has 1 saturated carbocycles. The van der Waals surface area contributed by atoms with Gasteiger partial charge in [0, 0.05) is 12.6 Å². The van der Waals surface area contributed by atoms with E-state index in [4.69, 9.17) is 39.5 Å². The van der Waals surface area contributed by atoms with Crippen molar-refractivity contribution in [3.63, 3.8) is 0 Å². The fourth-order valence-electron chi connectivity index (χ4n) is 3.37. The van der Waals surface area contributed by atoms with Gasteiger partial charge < -0.3 is 10.1 Å². The zero-order valence-electron chi connectivity index (χ0n) is 11.2. The van der Waals surface area contributed by atoms with Gasteiger partial charge in [-0.25, -0.2) is 0 Å². The Labute approximate surface area is 134 Å². The van der Waals surface area contributed by atoms with Crippen LogP contribution in [0, 0.1) is 0 Å². The third-order valence-corrected chi connectivity index (χ3v) is 5.41. The van der Waals surface area contributed by atoms with E-state index in [1.165, 1.54) is 25.7 Å². The summed E-state index contributed by atoms with van der Waals surface area (Å²) in [5.74, 6) is 0. The van der Waals surface area contributed by atoms with E-state index in [0.29, 0.717) is 21.1 Å². The SMILES string of the molecule is Clc1cc(Cl)c(NC2CCOC3(CCCC3)C2)cc1Cl. The second-order valence-corrected chi connectivity index (χ2v) is 7.04. The maximum Gasteiger partial charge on any atom is 0.0702 e. The van der Waals surface area contributed by atoms with Crippen LogP contribution in [-0.4, -0.2) is 18.2 Å². The summed E-state index contributed by atoms with van der Waals surface area (Å²) in [5.41, 5.74) is 0.958. The van der Waals surface area contributed by atoms with Crippen LogP contribution in [0.25, 0.3) is 0 Å². The molecule has 1 unspecified atom stereocenters. The van der Waals surface area contributed by atoms with E-state index < -0.39 is 0 Å². The van der Waals surface area contributed by atoms with Gasteiger partial charge in [-0.1, -0.05) is 47.6 Å². The van der Waals surface area contributed by atoms with Crippen LogP contribution in [0.4, 0.5) is 5.69 Å². The highest BCUT2D eigenvalue weighted by Gasteiger charge is 2.39. The predicted octanol–water partition coefficient (Wildman–Crippen LogP) is 5.55. The summed E-state index contributed by atoms with van der Waals surface area (Å²) in [4.78, 5) is 0. The molecule has 20 heavy (non-hydrogen) atoms. The molecule has 1 N–H and O–H groups in total. The van der Waals surface area contributed by atoms with Crippen molar-refractivity contribution < 1.29 is 4.74 Å². The number of hydrogen-bond donors (Lipinski definition) is 1. The van der Waals surface area contributed by atoms with E-state index in [1.807, 2.05) is 6.07 Å². The first-order chi connectivity index (χ1) is 9.58. The van der Waals surface area contributed by atoms with Crippen molar-refractivity contribution in [2.24, 2.45) is 0 Å². The zero-order chi connectivity index (χ0) is 14.2. The first kappa shape index (κ1) is 14.8. The summed E-state index contributed by atoms with van der Waals surface area (Å²) < 4.78 is 6.05. The molecule has 2 nitrogen and oxygen atoms in total. The van der Waals surface area contributed by atoms with E-state index in [2.05, 4.69) is 5.32 Å². The van der Waals surface area contributed by atoms with E-state index in [9.17, 15) is 0 Å². The standard InChI is InChI=1S/C15H18Cl3NO/c16-11-7-13(18)14(8-12(11)17)19-10-3-6-20-15(9-10)4-1-2-5-15/h7-8,10,19H,1-6,9H2. The summed E-state index contributed by atoms with van der Waals surface area (Å²) in [5, 5.41) is 5.15. The number of nitrogens with one attached hydrogen (secondary N) is 1. The van der Waals surface area contributed by atoms with E-state index in [0.717, 1.165) is 25.1 Å². The van der Waals surface area contributed by atoms with Crippen molar-refractivity contribution in [2.45, 2.75) is 50.2 Å². The normalized spacial score (nSPS) is 25.1. The summed E-state index contributed by atoms with van der Waals surface area (Å²) >= 11 is 18.3. The van der Waals surface area contributed by atoms with E-state index in [1.54, 1.807) is 6.07 Å². The highest BCUT2D eigenvalue weighted by Crippen LogP contribution is 2.41. The lowest BCUT2D eigenvalue weighted by molar-refractivity contribution is -0.0767. The Morgan fingerprint density at radius 3 is 2.50 bits per heavy atom. The van der Waals surface area contributed by atoms with Gasteiger partial charge in [-0.05, 0) is 37.8 Å². The van der Waals surface area contributed by atoms with Crippen LogP contribution in [0.5, 0.6) is 0 Å². The number of ether oxygens (including phenoxy) is 1. The van der Waals surface area contributed by atoms with Crippen LogP contribution in [-0.2, 0) is 4.74 Å². The second kappa shape index (κ2) is 5.92. The van der Waals surface area contributed by atoms with Gasteiger partial charge >= 0.3 is 0 Å². The van der Waals surface area contributed by atoms with Crippen molar-refractivity contribution in [1.29, 1.82) is 0 Å². The lowest BCUT2D eigenvalue weighted by atomic mass is 9.89. The number of rotatable bonds is 2. The van der Waals surface area contributed by atoms with Crippen molar-refractivity contribution in [1.82, 2.24) is 0 Å². The maximum absolute atomic E-state index is 6.24. The molecule has 5 heteroatoms. The number of benzene rings is 1. The minimum Gasteiger partial charge on any atom is -0.381 e. The molecule has 0 radical (unpaired) electrons. The number of halogens is 3. The molecule has 1 aliphatic carbocycles. The summed E-state index contributed by atoms with van der Waals surface area (Å²) in [6, 6.07) is 3.89. The summed E-state index contributed by atoms with van der Waals surface area (Å²) in [6.07, 6.45) is 6.96. The monoisotopic (exact) mass is 333 g/mol. The first-order valence-electron chi connectivity index (χ1n) is 7.13. The quantitative estimate of drug-likeness (QED) is 0.716. The molecule has 1 aromatic rings. The molecule has 110 valence electrons. The molecule has 1 aliphatic heterocycles. The Bertz CT molecular complexity index is 500. The third-order valence-electron chi connectivity index (χ3n) is 4.38. The molecule has 1 aromatic carbocycles. The van der Waals surface area contributed by atoms with Gasteiger partial charge in [0.1, 0.15) is 0 Å². The van der Waals surface area contributed by atoms with Crippen LogP contribution < -0.4 is 5.32 Å². The van der Waals surface area contributed by atoms with Crippen molar-refractivity contribution in [2.75, 3.05) is 11.9 Å². The first-order valence-corrected chi connectivity index (χ1v) is 8.26. The molecule has 1 atom stereocenters. The van der Waals surface area contributed by atoms with Gasteiger partial charge in [0.05, 0.1) is 26.4 Å². The number of anilines is 1. The van der Waals surface area contributed by atoms with Gasteiger partial charge in [-0.15, -0.1) is 0 Å². The molecule has 1 spiro atoms. The topological polar surface area (TPSA) is 21.3 Å². The van der Waals surface area contributed by atoms with E-state index >= 15 is 0 Å². The van der Waals surface area contributed by atoms with Crippen molar-refractivity contribution in [3.05, 3.63) is 27.2 Å². The van der Waals surface area contributed by atoms with Gasteiger partial charge in [0.2, 0.25) is 0 Å². The van der Waals surface area contributed by atoms with Gasteiger partial charge in [-0.3, -0.25) is 0 Å². The van der Waals surface area contributed by atoms with Gasteiger partial charge in [0.15, 0.2) is 0 Å². The van der Waals surface area contributed by atoms with Crippen LogP contribution >= 0.6 is 34.8 Å². The second-order valence-electron chi connectivity index (χ2n) is 5.82. The van der Waals surface area contributed by atoms with E-state index in [-0.39, 0.29) is 5.60 Å². The number of hydrogen-bond acceptors (Lipinski definition) is 2. The molecule has 3 rings (SSSR count). The van der Waals surface area contributed by atoms with Gasteiger partial charge in [-0.2, -0.15) is 0 Å². The summed E-state index contributed by atoms with van der Waals surface area (Å²) in [6.45, 7) is 0.816. The Morgan fingerprint density at radius 2 is 1.75 bits per heavy atom. The Morgan fingerprint density at radius 1 is 1.05 bits per heavy atom. The zero-order valence-corrected chi connectivity index (χ0v) is 13.5. The minimum atomic E-state index is 0.0958. The Balaban J connectivity index is 1.73. The Kier molecular flexibility index (Phi) is 4.37. The van der Waals surface area contributed by atoms with Crippen LogP contribution in [0.3, 0.4) is 0 Å². The molecule has 2 fully saturated rings. The molecule has 1 saturated heterocycles. The molecule has 0 aromatic heterocycles. The highest BCUT2D eigenvalue weighted by atomic mass is 35.5. The fourth-order valence-corrected chi connectivity index (χ4v) is 3.97. The molecule has 0 bridgehead atoms.